The number of carbonyl (C=O) groups is 2. The van der Waals surface area contributed by atoms with Crippen LogP contribution >= 0.6 is 22.9 Å². The summed E-state index contributed by atoms with van der Waals surface area (Å²) in [6, 6.07) is 13.4. The molecule has 2 aromatic carbocycles. The van der Waals surface area contributed by atoms with Crippen molar-refractivity contribution < 1.29 is 22.4 Å². The first-order valence-corrected chi connectivity index (χ1v) is 11.9. The Morgan fingerprint density at radius 3 is 2.42 bits per heavy atom. The monoisotopic (exact) mass is 478 g/mol. The Bertz CT molecular complexity index is 1230. The zero-order valence-electron chi connectivity index (χ0n) is 15.9. The minimum absolute atomic E-state index is 0.0556. The molecule has 1 aliphatic rings. The maximum atomic E-state index is 13.4. The average Bonchev–Trinajstić information content (AvgIpc) is 3.37. The fourth-order valence-electron chi connectivity index (χ4n) is 3.39. The molecule has 4 rings (SSSR count). The van der Waals surface area contributed by atoms with Crippen LogP contribution in [0.15, 0.2) is 70.3 Å². The summed E-state index contributed by atoms with van der Waals surface area (Å²) >= 11 is 7.26. The first kappa shape index (κ1) is 21.6. The van der Waals surface area contributed by atoms with Gasteiger partial charge in [0.15, 0.2) is 0 Å². The highest BCUT2D eigenvalue weighted by atomic mass is 35.5. The van der Waals surface area contributed by atoms with E-state index in [-0.39, 0.29) is 22.9 Å². The highest BCUT2D eigenvalue weighted by molar-refractivity contribution is 7.91. The Morgan fingerprint density at radius 2 is 1.77 bits per heavy atom. The average molecular weight is 479 g/mol. The highest BCUT2D eigenvalue weighted by Gasteiger charge is 2.47. The van der Waals surface area contributed by atoms with E-state index in [1.165, 1.54) is 18.2 Å². The predicted molar refractivity (Wildman–Crippen MR) is 116 cm³/mol. The van der Waals surface area contributed by atoms with Crippen LogP contribution in [0.3, 0.4) is 0 Å². The van der Waals surface area contributed by atoms with E-state index in [4.69, 9.17) is 11.6 Å². The van der Waals surface area contributed by atoms with Crippen LogP contribution in [0.4, 0.5) is 10.1 Å². The molecule has 0 aliphatic carbocycles. The van der Waals surface area contributed by atoms with Gasteiger partial charge in [-0.3, -0.25) is 9.59 Å². The van der Waals surface area contributed by atoms with Crippen molar-refractivity contribution in [3.05, 3.63) is 82.4 Å². The third kappa shape index (κ3) is 4.14. The Labute approximate surface area is 187 Å². The number of sulfonamides is 1. The molecule has 0 bridgehead atoms. The summed E-state index contributed by atoms with van der Waals surface area (Å²) in [5.41, 5.74) is 0.690. The second-order valence-electron chi connectivity index (χ2n) is 6.84. The van der Waals surface area contributed by atoms with Crippen molar-refractivity contribution in [3.63, 3.8) is 0 Å². The third-order valence-electron chi connectivity index (χ3n) is 4.90. The highest BCUT2D eigenvalue weighted by Crippen LogP contribution is 2.32. The Morgan fingerprint density at radius 1 is 1.06 bits per heavy atom. The van der Waals surface area contributed by atoms with Gasteiger partial charge in [-0.05, 0) is 47.3 Å². The fourth-order valence-corrected chi connectivity index (χ4v) is 6.26. The predicted octanol–water partition coefficient (Wildman–Crippen LogP) is 4.06. The van der Waals surface area contributed by atoms with E-state index in [1.807, 2.05) is 0 Å². The second kappa shape index (κ2) is 8.51. The molecule has 6 nitrogen and oxygen atoms in total. The molecule has 1 unspecified atom stereocenters. The van der Waals surface area contributed by atoms with Crippen molar-refractivity contribution in [1.82, 2.24) is 4.31 Å². The zero-order chi connectivity index (χ0) is 22.2. The number of nitrogens with zero attached hydrogens (tertiary/aromatic N) is 2. The molecule has 1 aromatic heterocycles. The smallest absolute Gasteiger partial charge is 0.253 e. The lowest BCUT2D eigenvalue weighted by molar-refractivity contribution is -0.122. The number of imide groups is 1. The van der Waals surface area contributed by atoms with Crippen molar-refractivity contribution in [1.29, 1.82) is 0 Å². The lowest BCUT2D eigenvalue weighted by Gasteiger charge is -2.26. The lowest BCUT2D eigenvalue weighted by Crippen LogP contribution is -2.44. The van der Waals surface area contributed by atoms with Gasteiger partial charge in [-0.25, -0.2) is 17.7 Å². The topological polar surface area (TPSA) is 74.8 Å². The molecule has 3 aromatic rings. The summed E-state index contributed by atoms with van der Waals surface area (Å²) in [6.07, 6.45) is -0.328. The molecule has 2 amide bonds. The molecular formula is C21H16ClFN2O4S2. The molecule has 1 fully saturated rings. The molecule has 0 saturated carbocycles. The standard InChI is InChI=1S/C21H16ClFN2O4S2/c22-17-5-2-1-4-14(17)13-24(31(28,29)20-6-3-11-30-20)18-12-19(26)25(21(18)27)16-9-7-15(23)8-10-16/h1-11,18H,12-13H2. The molecule has 160 valence electrons. The van der Waals surface area contributed by atoms with Crippen molar-refractivity contribution in [2.24, 2.45) is 0 Å². The van der Waals surface area contributed by atoms with Crippen LogP contribution in [-0.4, -0.2) is 30.6 Å². The first-order chi connectivity index (χ1) is 14.8. The van der Waals surface area contributed by atoms with E-state index in [1.54, 1.807) is 35.7 Å². The van der Waals surface area contributed by atoms with E-state index in [0.717, 1.165) is 32.7 Å². The normalized spacial score (nSPS) is 17.0. The third-order valence-corrected chi connectivity index (χ3v) is 8.49. The van der Waals surface area contributed by atoms with Crippen LogP contribution in [0, 0.1) is 5.82 Å². The van der Waals surface area contributed by atoms with E-state index < -0.39 is 33.7 Å². The van der Waals surface area contributed by atoms with Gasteiger partial charge in [0.2, 0.25) is 5.91 Å². The van der Waals surface area contributed by atoms with Crippen LogP contribution in [0.1, 0.15) is 12.0 Å². The summed E-state index contributed by atoms with van der Waals surface area (Å²) in [7, 11) is -4.09. The number of hydrogen-bond acceptors (Lipinski definition) is 5. The van der Waals surface area contributed by atoms with E-state index in [0.29, 0.717) is 10.6 Å². The van der Waals surface area contributed by atoms with E-state index >= 15 is 0 Å². The molecule has 1 atom stereocenters. The molecule has 10 heteroatoms. The summed E-state index contributed by atoms with van der Waals surface area (Å²) in [6.45, 7) is -0.180. The molecule has 0 N–H and O–H groups in total. The number of hydrogen-bond donors (Lipinski definition) is 0. The van der Waals surface area contributed by atoms with Gasteiger partial charge >= 0.3 is 0 Å². The number of thiophene rings is 1. The van der Waals surface area contributed by atoms with E-state index in [9.17, 15) is 22.4 Å². The van der Waals surface area contributed by atoms with Crippen molar-refractivity contribution in [2.45, 2.75) is 23.2 Å². The maximum Gasteiger partial charge on any atom is 0.253 e. The van der Waals surface area contributed by atoms with Crippen LogP contribution in [0.2, 0.25) is 5.02 Å². The van der Waals surface area contributed by atoms with Crippen molar-refractivity contribution >= 4 is 50.5 Å². The largest absolute Gasteiger partial charge is 0.274 e. The van der Waals surface area contributed by atoms with Crippen molar-refractivity contribution in [2.75, 3.05) is 4.90 Å². The Balaban J connectivity index is 1.75. The van der Waals surface area contributed by atoms with Gasteiger partial charge in [-0.1, -0.05) is 35.9 Å². The molecule has 1 saturated heterocycles. The number of amides is 2. The van der Waals surface area contributed by atoms with Gasteiger partial charge in [0.25, 0.3) is 15.9 Å². The Kier molecular flexibility index (Phi) is 5.94. The number of benzene rings is 2. The van der Waals surface area contributed by atoms with Crippen LogP contribution in [0.25, 0.3) is 0 Å². The van der Waals surface area contributed by atoms with Gasteiger partial charge in [0, 0.05) is 11.6 Å². The zero-order valence-corrected chi connectivity index (χ0v) is 18.3. The summed E-state index contributed by atoms with van der Waals surface area (Å²) in [4.78, 5) is 26.8. The van der Waals surface area contributed by atoms with Gasteiger partial charge < -0.3 is 0 Å². The molecule has 0 radical (unpaired) electrons. The van der Waals surface area contributed by atoms with E-state index in [2.05, 4.69) is 0 Å². The number of halogens is 2. The summed E-state index contributed by atoms with van der Waals surface area (Å²) in [5.74, 6) is -1.77. The van der Waals surface area contributed by atoms with Gasteiger partial charge in [-0.2, -0.15) is 4.31 Å². The minimum Gasteiger partial charge on any atom is -0.274 e. The lowest BCUT2D eigenvalue weighted by atomic mass is 10.2. The fraction of sp³-hybridized carbons (Fsp3) is 0.143. The number of carbonyl (C=O) groups excluding carboxylic acids is 2. The molecule has 2 heterocycles. The first-order valence-electron chi connectivity index (χ1n) is 9.20. The SMILES string of the molecule is O=C1CC(N(Cc2ccccc2Cl)S(=O)(=O)c2cccs2)C(=O)N1c1ccc(F)cc1. The van der Waals surface area contributed by atoms with Crippen molar-refractivity contribution in [3.8, 4) is 0 Å². The minimum atomic E-state index is -4.09. The van der Waals surface area contributed by atoms with Gasteiger partial charge in [0.1, 0.15) is 16.1 Å². The van der Waals surface area contributed by atoms with Gasteiger partial charge in [0.05, 0.1) is 12.1 Å². The maximum absolute atomic E-state index is 13.4. The van der Waals surface area contributed by atoms with Crippen LogP contribution < -0.4 is 4.90 Å². The quantitative estimate of drug-likeness (QED) is 0.501. The van der Waals surface area contributed by atoms with Crippen LogP contribution in [-0.2, 0) is 26.2 Å². The summed E-state index contributed by atoms with van der Waals surface area (Å²) in [5, 5.41) is 1.97. The number of rotatable bonds is 6. The molecule has 31 heavy (non-hydrogen) atoms. The second-order valence-corrected chi connectivity index (χ2v) is 10.3. The molecule has 1 aliphatic heterocycles. The van der Waals surface area contributed by atoms with Crippen LogP contribution in [0.5, 0.6) is 0 Å². The molecular weight excluding hydrogens is 463 g/mol. The molecule has 0 spiro atoms. The van der Waals surface area contributed by atoms with Gasteiger partial charge in [-0.15, -0.1) is 11.3 Å². The Hall–Kier alpha value is -2.59. The number of anilines is 1. The summed E-state index contributed by atoms with van der Waals surface area (Å²) < 4.78 is 41.1.